The molecule has 0 radical (unpaired) electrons. The first-order valence-corrected chi connectivity index (χ1v) is 7.62. The minimum absolute atomic E-state index is 0.00615. The van der Waals surface area contributed by atoms with Gasteiger partial charge in [0, 0.05) is 19.2 Å². The molecule has 1 fully saturated rings. The monoisotopic (exact) mass is 319 g/mol. The number of rotatable bonds is 3. The normalized spacial score (nSPS) is 18.0. The van der Waals surface area contributed by atoms with Gasteiger partial charge in [-0.05, 0) is 30.9 Å². The molecule has 1 aromatic carbocycles. The van der Waals surface area contributed by atoms with Crippen LogP contribution in [0.5, 0.6) is 0 Å². The molecule has 1 saturated heterocycles. The van der Waals surface area contributed by atoms with Gasteiger partial charge in [0.1, 0.15) is 23.6 Å². The Morgan fingerprint density at radius 2 is 2.13 bits per heavy atom. The van der Waals surface area contributed by atoms with Crippen LogP contribution in [0.1, 0.15) is 19.8 Å². The van der Waals surface area contributed by atoms with Crippen molar-refractivity contribution in [2.45, 2.75) is 19.8 Å². The molecule has 7 heteroatoms. The van der Waals surface area contributed by atoms with Gasteiger partial charge in [0.25, 0.3) is 0 Å². The largest absolute Gasteiger partial charge is 0.393 e. The van der Waals surface area contributed by atoms with Crippen LogP contribution in [0, 0.1) is 17.6 Å². The Labute approximate surface area is 133 Å². The Morgan fingerprint density at radius 1 is 1.30 bits per heavy atom. The fourth-order valence-electron chi connectivity index (χ4n) is 2.84. The highest BCUT2D eigenvalue weighted by Crippen LogP contribution is 2.31. The third kappa shape index (κ3) is 3.33. The van der Waals surface area contributed by atoms with E-state index in [1.165, 1.54) is 12.7 Å². The van der Waals surface area contributed by atoms with Gasteiger partial charge in [-0.3, -0.25) is 0 Å². The summed E-state index contributed by atoms with van der Waals surface area (Å²) in [6.45, 7) is 3.93. The summed E-state index contributed by atoms with van der Waals surface area (Å²) in [5.74, 6) is 0.364. The van der Waals surface area contributed by atoms with Gasteiger partial charge in [0.15, 0.2) is 11.6 Å². The smallest absolute Gasteiger partial charge is 0.159 e. The predicted octanol–water partition coefficient (Wildman–Crippen LogP) is 3.32. The quantitative estimate of drug-likeness (QED) is 0.908. The number of hydrogen-bond acceptors (Lipinski definition) is 5. The lowest BCUT2D eigenvalue weighted by molar-refractivity contribution is 0.445. The zero-order chi connectivity index (χ0) is 16.4. The molecule has 2 aromatic rings. The third-order valence-corrected chi connectivity index (χ3v) is 4.00. The van der Waals surface area contributed by atoms with E-state index in [0.717, 1.165) is 37.7 Å². The van der Waals surface area contributed by atoms with Crippen LogP contribution in [-0.4, -0.2) is 23.1 Å². The number of anilines is 4. The lowest BCUT2D eigenvalue weighted by Crippen LogP contribution is -2.35. The fraction of sp³-hybridized carbons (Fsp3) is 0.375. The number of halogens is 2. The first kappa shape index (κ1) is 15.5. The SMILES string of the molecule is CC1CCCN(c2ncnc(Nc3cc(F)ccc3F)c2N)C1. The molecule has 122 valence electrons. The molecule has 1 aliphatic rings. The summed E-state index contributed by atoms with van der Waals surface area (Å²) in [5, 5.41) is 2.75. The second kappa shape index (κ2) is 6.36. The van der Waals surface area contributed by atoms with Gasteiger partial charge in [-0.15, -0.1) is 0 Å². The number of aromatic nitrogens is 2. The van der Waals surface area contributed by atoms with E-state index < -0.39 is 11.6 Å². The van der Waals surface area contributed by atoms with Crippen LogP contribution < -0.4 is 16.0 Å². The topological polar surface area (TPSA) is 67.1 Å². The number of nitrogens with two attached hydrogens (primary N) is 1. The molecule has 1 aromatic heterocycles. The Kier molecular flexibility index (Phi) is 4.27. The minimum Gasteiger partial charge on any atom is -0.393 e. The number of piperidine rings is 1. The molecule has 1 aliphatic heterocycles. The van der Waals surface area contributed by atoms with Crippen molar-refractivity contribution >= 4 is 23.0 Å². The molecule has 0 aliphatic carbocycles. The van der Waals surface area contributed by atoms with Crippen molar-refractivity contribution < 1.29 is 8.78 Å². The Morgan fingerprint density at radius 3 is 2.91 bits per heavy atom. The van der Waals surface area contributed by atoms with Crippen molar-refractivity contribution in [3.8, 4) is 0 Å². The van der Waals surface area contributed by atoms with Crippen molar-refractivity contribution in [1.82, 2.24) is 9.97 Å². The van der Waals surface area contributed by atoms with Crippen LogP contribution in [0.25, 0.3) is 0 Å². The summed E-state index contributed by atoms with van der Waals surface area (Å²) in [6.07, 6.45) is 3.64. The summed E-state index contributed by atoms with van der Waals surface area (Å²) in [4.78, 5) is 10.4. The number of benzene rings is 1. The summed E-state index contributed by atoms with van der Waals surface area (Å²) < 4.78 is 27.1. The highest BCUT2D eigenvalue weighted by atomic mass is 19.1. The van der Waals surface area contributed by atoms with Crippen molar-refractivity contribution in [3.63, 3.8) is 0 Å². The minimum atomic E-state index is -0.572. The standard InChI is InChI=1S/C16H19F2N5/c1-10-3-2-6-23(8-10)16-14(19)15(20-9-21-16)22-13-7-11(17)4-5-12(13)18/h4-5,7,9-10H,2-3,6,8,19H2,1H3,(H,20,21,22). The highest BCUT2D eigenvalue weighted by Gasteiger charge is 2.21. The molecular weight excluding hydrogens is 300 g/mol. The predicted molar refractivity (Wildman–Crippen MR) is 86.7 cm³/mol. The van der Waals surface area contributed by atoms with Gasteiger partial charge < -0.3 is 16.0 Å². The van der Waals surface area contributed by atoms with Gasteiger partial charge in [-0.2, -0.15) is 0 Å². The first-order valence-electron chi connectivity index (χ1n) is 7.62. The van der Waals surface area contributed by atoms with Crippen LogP contribution in [0.15, 0.2) is 24.5 Å². The van der Waals surface area contributed by atoms with E-state index in [9.17, 15) is 8.78 Å². The first-order chi connectivity index (χ1) is 11.0. The summed E-state index contributed by atoms with van der Waals surface area (Å²) in [7, 11) is 0. The van der Waals surface area contributed by atoms with E-state index in [1.54, 1.807) is 0 Å². The molecule has 2 heterocycles. The second-order valence-corrected chi connectivity index (χ2v) is 5.90. The maximum atomic E-state index is 13.8. The summed E-state index contributed by atoms with van der Waals surface area (Å²) in [6, 6.07) is 3.19. The molecule has 0 saturated carbocycles. The molecule has 5 nitrogen and oxygen atoms in total. The van der Waals surface area contributed by atoms with Crippen LogP contribution in [0.4, 0.5) is 31.8 Å². The second-order valence-electron chi connectivity index (χ2n) is 5.90. The molecule has 0 amide bonds. The van der Waals surface area contributed by atoms with Gasteiger partial charge in [-0.1, -0.05) is 6.92 Å². The van der Waals surface area contributed by atoms with Crippen molar-refractivity contribution in [1.29, 1.82) is 0 Å². The lowest BCUT2D eigenvalue weighted by atomic mass is 10.0. The van der Waals surface area contributed by atoms with Crippen LogP contribution in [0.2, 0.25) is 0 Å². The maximum absolute atomic E-state index is 13.8. The lowest BCUT2D eigenvalue weighted by Gasteiger charge is -2.32. The van der Waals surface area contributed by atoms with Crippen molar-refractivity contribution in [2.24, 2.45) is 5.92 Å². The molecule has 23 heavy (non-hydrogen) atoms. The summed E-state index contributed by atoms with van der Waals surface area (Å²) in [5.41, 5.74) is 6.48. The molecule has 1 unspecified atom stereocenters. The average Bonchev–Trinajstić information content (AvgIpc) is 2.53. The fourth-order valence-corrected chi connectivity index (χ4v) is 2.84. The van der Waals surface area contributed by atoms with Crippen LogP contribution >= 0.6 is 0 Å². The van der Waals surface area contributed by atoms with Crippen LogP contribution in [0.3, 0.4) is 0 Å². The number of hydrogen-bond donors (Lipinski definition) is 2. The zero-order valence-corrected chi connectivity index (χ0v) is 12.9. The molecule has 1 atom stereocenters. The third-order valence-electron chi connectivity index (χ3n) is 4.00. The van der Waals surface area contributed by atoms with Crippen molar-refractivity contribution in [2.75, 3.05) is 29.0 Å². The van der Waals surface area contributed by atoms with Gasteiger partial charge in [-0.25, -0.2) is 18.7 Å². The van der Waals surface area contributed by atoms with Gasteiger partial charge in [0.05, 0.1) is 5.69 Å². The van der Waals surface area contributed by atoms with Crippen molar-refractivity contribution in [3.05, 3.63) is 36.2 Å². The maximum Gasteiger partial charge on any atom is 0.159 e. The highest BCUT2D eigenvalue weighted by molar-refractivity contribution is 5.78. The van der Waals surface area contributed by atoms with E-state index in [-0.39, 0.29) is 11.5 Å². The van der Waals surface area contributed by atoms with Gasteiger partial charge in [0.2, 0.25) is 0 Å². The number of nitrogen functional groups attached to an aromatic ring is 1. The molecular formula is C16H19F2N5. The number of nitrogens with one attached hydrogen (secondary N) is 1. The number of nitrogens with zero attached hydrogens (tertiary/aromatic N) is 3. The van der Waals surface area contributed by atoms with E-state index in [2.05, 4.69) is 27.1 Å². The van der Waals surface area contributed by atoms with E-state index in [0.29, 0.717) is 17.4 Å². The average molecular weight is 319 g/mol. The molecule has 3 N–H and O–H groups in total. The van der Waals surface area contributed by atoms with Crippen LogP contribution in [-0.2, 0) is 0 Å². The molecule has 0 spiro atoms. The van der Waals surface area contributed by atoms with E-state index in [4.69, 9.17) is 5.73 Å². The summed E-state index contributed by atoms with van der Waals surface area (Å²) >= 11 is 0. The van der Waals surface area contributed by atoms with E-state index in [1.807, 2.05) is 0 Å². The van der Waals surface area contributed by atoms with Gasteiger partial charge >= 0.3 is 0 Å². The molecule has 3 rings (SSSR count). The van der Waals surface area contributed by atoms with E-state index >= 15 is 0 Å². The Balaban J connectivity index is 1.89. The molecule has 0 bridgehead atoms. The Hall–Kier alpha value is -2.44. The Bertz CT molecular complexity index is 707. The zero-order valence-electron chi connectivity index (χ0n) is 12.9.